The average Bonchev–Trinajstić information content (AvgIpc) is 2.88. The molecule has 2 aliphatic heterocycles. The van der Waals surface area contributed by atoms with Crippen molar-refractivity contribution in [2.24, 2.45) is 5.92 Å². The van der Waals surface area contributed by atoms with Crippen LogP contribution in [0.25, 0.3) is 0 Å². The second-order valence-electron chi connectivity index (χ2n) is 8.98. The fourth-order valence-electron chi connectivity index (χ4n) is 5.14. The number of fused-ring (bicyclic) bond motifs is 1. The summed E-state index contributed by atoms with van der Waals surface area (Å²) in [7, 11) is -3.91. The lowest BCUT2D eigenvalue weighted by atomic mass is 9.89. The molecular formula is C27H27ClN2O3S. The molecule has 7 heteroatoms. The van der Waals surface area contributed by atoms with Crippen LogP contribution in [0.4, 0.5) is 0 Å². The Morgan fingerprint density at radius 2 is 1.53 bits per heavy atom. The molecule has 5 rings (SSSR count). The highest BCUT2D eigenvalue weighted by Gasteiger charge is 2.42. The highest BCUT2D eigenvalue weighted by Crippen LogP contribution is 2.39. The van der Waals surface area contributed by atoms with Crippen molar-refractivity contribution in [2.75, 3.05) is 13.1 Å². The van der Waals surface area contributed by atoms with Crippen molar-refractivity contribution in [1.29, 1.82) is 0 Å². The van der Waals surface area contributed by atoms with Gasteiger partial charge in [-0.3, -0.25) is 4.79 Å². The first-order chi connectivity index (χ1) is 16.4. The van der Waals surface area contributed by atoms with Crippen molar-refractivity contribution in [2.45, 2.75) is 36.7 Å². The van der Waals surface area contributed by atoms with Crippen LogP contribution in [0.2, 0.25) is 5.02 Å². The van der Waals surface area contributed by atoms with E-state index in [4.69, 9.17) is 11.6 Å². The Balaban J connectivity index is 1.44. The van der Waals surface area contributed by atoms with E-state index in [0.717, 1.165) is 12.0 Å². The molecule has 5 nitrogen and oxygen atoms in total. The molecule has 3 aromatic rings. The molecule has 1 amide bonds. The zero-order chi connectivity index (χ0) is 23.7. The van der Waals surface area contributed by atoms with E-state index in [9.17, 15) is 13.2 Å². The Kier molecular flexibility index (Phi) is 6.47. The van der Waals surface area contributed by atoms with Gasteiger partial charge >= 0.3 is 0 Å². The third-order valence-corrected chi connectivity index (χ3v) is 9.31. The topological polar surface area (TPSA) is 57.7 Å². The average molecular weight is 495 g/mol. The van der Waals surface area contributed by atoms with Crippen LogP contribution in [0.1, 0.15) is 35.6 Å². The van der Waals surface area contributed by atoms with E-state index in [1.807, 2.05) is 47.4 Å². The van der Waals surface area contributed by atoms with Gasteiger partial charge in [0.2, 0.25) is 15.9 Å². The highest BCUT2D eigenvalue weighted by atomic mass is 35.5. The fraction of sp³-hybridized carbons (Fsp3) is 0.296. The molecule has 0 aromatic heterocycles. The van der Waals surface area contributed by atoms with E-state index >= 15 is 0 Å². The van der Waals surface area contributed by atoms with Crippen LogP contribution in [0, 0.1) is 5.92 Å². The molecule has 3 aromatic carbocycles. The SMILES string of the molecule is O=C([C@@H]1CC[C@H](c2ccccc2)N(S(=O)(=O)c2ccccc2Cl)C1)N1CCc2ccccc2C1. The minimum atomic E-state index is -3.91. The predicted molar refractivity (Wildman–Crippen MR) is 133 cm³/mol. The highest BCUT2D eigenvalue weighted by molar-refractivity contribution is 7.89. The molecule has 176 valence electrons. The Hall–Kier alpha value is -2.67. The fourth-order valence-corrected chi connectivity index (χ4v) is 7.32. The lowest BCUT2D eigenvalue weighted by molar-refractivity contribution is -0.138. The zero-order valence-corrected chi connectivity index (χ0v) is 20.4. The zero-order valence-electron chi connectivity index (χ0n) is 18.8. The molecule has 0 saturated carbocycles. The summed E-state index contributed by atoms with van der Waals surface area (Å²) in [5.41, 5.74) is 3.37. The van der Waals surface area contributed by atoms with Gasteiger partial charge < -0.3 is 4.90 Å². The summed E-state index contributed by atoms with van der Waals surface area (Å²) in [6.45, 7) is 1.38. The number of piperidine rings is 1. The molecule has 0 unspecified atom stereocenters. The van der Waals surface area contributed by atoms with E-state index in [0.29, 0.717) is 25.9 Å². The number of nitrogens with zero attached hydrogens (tertiary/aromatic N) is 2. The molecule has 0 aliphatic carbocycles. The third-order valence-electron chi connectivity index (χ3n) is 6.94. The smallest absolute Gasteiger partial charge is 0.245 e. The third kappa shape index (κ3) is 4.38. The van der Waals surface area contributed by atoms with Crippen LogP contribution in [0.3, 0.4) is 0 Å². The van der Waals surface area contributed by atoms with Crippen LogP contribution >= 0.6 is 11.6 Å². The first kappa shape index (κ1) is 23.1. The van der Waals surface area contributed by atoms with Crippen molar-refractivity contribution < 1.29 is 13.2 Å². The van der Waals surface area contributed by atoms with Gasteiger partial charge in [-0.2, -0.15) is 4.31 Å². The number of carbonyl (C=O) groups excluding carboxylic acids is 1. The number of benzene rings is 3. The van der Waals surface area contributed by atoms with Crippen molar-refractivity contribution in [3.05, 3.63) is 101 Å². The van der Waals surface area contributed by atoms with Crippen LogP contribution in [-0.2, 0) is 27.8 Å². The van der Waals surface area contributed by atoms with E-state index < -0.39 is 10.0 Å². The number of halogens is 1. The molecule has 0 bridgehead atoms. The summed E-state index contributed by atoms with van der Waals surface area (Å²) in [4.78, 5) is 15.5. The Morgan fingerprint density at radius 1 is 0.853 bits per heavy atom. The molecule has 0 radical (unpaired) electrons. The van der Waals surface area contributed by atoms with Crippen molar-refractivity contribution in [3.8, 4) is 0 Å². The van der Waals surface area contributed by atoms with Gasteiger partial charge in [0.1, 0.15) is 4.90 Å². The lowest BCUT2D eigenvalue weighted by Crippen LogP contribution is -2.48. The van der Waals surface area contributed by atoms with Gasteiger partial charge in [-0.1, -0.05) is 78.3 Å². The summed E-state index contributed by atoms with van der Waals surface area (Å²) in [5.74, 6) is -0.358. The maximum Gasteiger partial charge on any atom is 0.245 e. The number of rotatable bonds is 4. The van der Waals surface area contributed by atoms with Crippen molar-refractivity contribution in [3.63, 3.8) is 0 Å². The standard InChI is InChI=1S/C27H27ClN2O3S/c28-24-12-6-7-13-26(24)34(32,33)30-19-23(14-15-25(30)21-9-2-1-3-10-21)27(31)29-17-16-20-8-4-5-11-22(20)18-29/h1-13,23,25H,14-19H2/t23-,25-/m1/s1. The van der Waals surface area contributed by atoms with Crippen molar-refractivity contribution >= 4 is 27.5 Å². The van der Waals surface area contributed by atoms with E-state index in [2.05, 4.69) is 12.1 Å². The van der Waals surface area contributed by atoms with Crippen LogP contribution in [0.15, 0.2) is 83.8 Å². The largest absolute Gasteiger partial charge is 0.338 e. The molecule has 1 fully saturated rings. The number of carbonyl (C=O) groups is 1. The van der Waals surface area contributed by atoms with Crippen LogP contribution in [0.5, 0.6) is 0 Å². The van der Waals surface area contributed by atoms with E-state index in [-0.39, 0.29) is 34.3 Å². The summed E-state index contributed by atoms with van der Waals surface area (Å²) >= 11 is 6.31. The Morgan fingerprint density at radius 3 is 2.29 bits per heavy atom. The number of hydrogen-bond acceptors (Lipinski definition) is 3. The van der Waals surface area contributed by atoms with Gasteiger partial charge in [0, 0.05) is 19.6 Å². The maximum atomic E-state index is 13.8. The number of amides is 1. The van der Waals surface area contributed by atoms with Gasteiger partial charge in [0.25, 0.3) is 0 Å². The molecule has 1 saturated heterocycles. The second kappa shape index (κ2) is 9.53. The minimum Gasteiger partial charge on any atom is -0.338 e. The quantitative estimate of drug-likeness (QED) is 0.509. The van der Waals surface area contributed by atoms with Gasteiger partial charge in [0.15, 0.2) is 0 Å². The van der Waals surface area contributed by atoms with Crippen LogP contribution in [-0.4, -0.2) is 36.6 Å². The van der Waals surface area contributed by atoms with Gasteiger partial charge in [-0.05, 0) is 48.1 Å². The summed E-state index contributed by atoms with van der Waals surface area (Å²) < 4.78 is 29.1. The van der Waals surface area contributed by atoms with Crippen LogP contribution < -0.4 is 0 Å². The molecule has 2 atom stereocenters. The summed E-state index contributed by atoms with van der Waals surface area (Å²) in [5, 5.41) is 0.190. The van der Waals surface area contributed by atoms with Gasteiger partial charge in [-0.15, -0.1) is 0 Å². The molecule has 0 N–H and O–H groups in total. The molecular weight excluding hydrogens is 468 g/mol. The number of sulfonamides is 1. The second-order valence-corrected chi connectivity index (χ2v) is 11.3. The van der Waals surface area contributed by atoms with E-state index in [1.54, 1.807) is 18.2 Å². The Labute approximate surface area is 206 Å². The van der Waals surface area contributed by atoms with Gasteiger partial charge in [0.05, 0.1) is 17.0 Å². The van der Waals surface area contributed by atoms with Crippen molar-refractivity contribution in [1.82, 2.24) is 9.21 Å². The van der Waals surface area contributed by atoms with Gasteiger partial charge in [-0.25, -0.2) is 8.42 Å². The molecule has 34 heavy (non-hydrogen) atoms. The summed E-state index contributed by atoms with van der Waals surface area (Å²) in [6.07, 6.45) is 2.04. The molecule has 2 heterocycles. The molecule has 0 spiro atoms. The first-order valence-corrected chi connectivity index (χ1v) is 13.4. The minimum absolute atomic E-state index is 0.0281. The van der Waals surface area contributed by atoms with E-state index in [1.165, 1.54) is 21.5 Å². The monoisotopic (exact) mass is 494 g/mol. The maximum absolute atomic E-state index is 13.8. The summed E-state index contributed by atoms with van der Waals surface area (Å²) in [6, 6.07) is 24.0. The first-order valence-electron chi connectivity index (χ1n) is 11.6. The lowest BCUT2D eigenvalue weighted by Gasteiger charge is -2.40. The Bertz CT molecular complexity index is 1300. The normalized spacial score (nSPS) is 21.1. The number of hydrogen-bond donors (Lipinski definition) is 0. The molecule has 2 aliphatic rings. The predicted octanol–water partition coefficient (Wildman–Crippen LogP) is 5.07.